The minimum Gasteiger partial charge on any atom is -0.380 e. The van der Waals surface area contributed by atoms with Crippen molar-refractivity contribution in [3.63, 3.8) is 0 Å². The number of hydrogen-bond acceptors (Lipinski definition) is 9. The molecule has 24 heavy (non-hydrogen) atoms. The van der Waals surface area contributed by atoms with Crippen LogP contribution >= 0.6 is 0 Å². The Morgan fingerprint density at radius 1 is 1.12 bits per heavy atom. The summed E-state index contributed by atoms with van der Waals surface area (Å²) < 4.78 is 5.37. The lowest BCUT2D eigenvalue weighted by Gasteiger charge is -2.28. The molecule has 3 N–H and O–H groups in total. The standard InChI is InChI=1S/C15H16N8O/c16-14-13(15(22-21-14)23-4-6-24-7-5-23)20-19-12-3-1-2-10-8-17-18-9-11(10)12/h1-3,8-9,19H,4-7H2,(H2,16,20,21). The van der Waals surface area contributed by atoms with Gasteiger partial charge in [-0.05, 0) is 6.07 Å². The Hall–Kier alpha value is -3.07. The van der Waals surface area contributed by atoms with Crippen LogP contribution in [0.25, 0.3) is 10.8 Å². The van der Waals surface area contributed by atoms with Crippen LogP contribution in [0.5, 0.6) is 0 Å². The van der Waals surface area contributed by atoms with E-state index in [4.69, 9.17) is 10.5 Å². The number of benzene rings is 1. The Balaban J connectivity index is 1.61. The zero-order valence-electron chi connectivity index (χ0n) is 12.9. The van der Waals surface area contributed by atoms with Crippen LogP contribution in [0.4, 0.5) is 5.69 Å². The van der Waals surface area contributed by atoms with E-state index in [9.17, 15) is 0 Å². The van der Waals surface area contributed by atoms with Gasteiger partial charge in [0.2, 0.25) is 0 Å². The van der Waals surface area contributed by atoms with E-state index in [2.05, 4.69) is 35.8 Å². The predicted molar refractivity (Wildman–Crippen MR) is 92.0 cm³/mol. The van der Waals surface area contributed by atoms with Gasteiger partial charge < -0.3 is 15.4 Å². The van der Waals surface area contributed by atoms with Crippen LogP contribution in [0.3, 0.4) is 0 Å². The summed E-state index contributed by atoms with van der Waals surface area (Å²) >= 11 is 0. The van der Waals surface area contributed by atoms with E-state index in [1.165, 1.54) is 0 Å². The summed E-state index contributed by atoms with van der Waals surface area (Å²) in [5.41, 5.74) is 10.3. The van der Waals surface area contributed by atoms with Crippen molar-refractivity contribution in [3.05, 3.63) is 30.6 Å². The molecule has 1 aromatic heterocycles. The molecule has 0 radical (unpaired) electrons. The van der Waals surface area contributed by atoms with Crippen LogP contribution in [0.15, 0.2) is 45.9 Å². The number of nitrogens with two attached hydrogens (primary N) is 1. The maximum atomic E-state index is 5.94. The highest BCUT2D eigenvalue weighted by Crippen LogP contribution is 2.21. The Labute approximate surface area is 137 Å². The monoisotopic (exact) mass is 324 g/mol. The van der Waals surface area contributed by atoms with E-state index in [0.29, 0.717) is 30.6 Å². The maximum absolute atomic E-state index is 5.94. The molecule has 9 heteroatoms. The van der Waals surface area contributed by atoms with Crippen LogP contribution in [0.2, 0.25) is 0 Å². The lowest BCUT2D eigenvalue weighted by atomic mass is 10.2. The first-order chi connectivity index (χ1) is 11.8. The molecular formula is C15H16N8O. The summed E-state index contributed by atoms with van der Waals surface area (Å²) in [6, 6.07) is 5.81. The van der Waals surface area contributed by atoms with E-state index < -0.39 is 0 Å². The van der Waals surface area contributed by atoms with Crippen LogP contribution in [0, 0.1) is 0 Å². The Morgan fingerprint density at radius 3 is 2.83 bits per heavy atom. The fourth-order valence-electron chi connectivity index (χ4n) is 2.65. The van der Waals surface area contributed by atoms with E-state index in [1.807, 2.05) is 18.2 Å². The lowest BCUT2D eigenvalue weighted by Crippen LogP contribution is -2.46. The molecule has 0 unspecified atom stereocenters. The molecule has 1 aromatic carbocycles. The van der Waals surface area contributed by atoms with Crippen LogP contribution < -0.4 is 11.2 Å². The normalized spacial score (nSPS) is 19.5. The number of nitrogens with one attached hydrogen (secondary N) is 1. The molecule has 0 spiro atoms. The molecule has 0 atom stereocenters. The fourth-order valence-corrected chi connectivity index (χ4v) is 2.65. The number of hydrogen-bond donors (Lipinski definition) is 2. The second-order valence-electron chi connectivity index (χ2n) is 5.38. The molecule has 0 bridgehead atoms. The zero-order valence-corrected chi connectivity index (χ0v) is 12.9. The third kappa shape index (κ3) is 2.65. The predicted octanol–water partition coefficient (Wildman–Crippen LogP) is 0.414. The van der Waals surface area contributed by atoms with Crippen molar-refractivity contribution in [2.24, 2.45) is 21.0 Å². The molecule has 3 heterocycles. The highest BCUT2D eigenvalue weighted by atomic mass is 16.5. The van der Waals surface area contributed by atoms with Crippen molar-refractivity contribution < 1.29 is 4.74 Å². The summed E-state index contributed by atoms with van der Waals surface area (Å²) in [4.78, 5) is 2.07. The SMILES string of the molecule is NC1=NN=C(N2CCOCC2)/C1=N\Nc1cccc2cnncc12. The van der Waals surface area contributed by atoms with Crippen LogP contribution in [0.1, 0.15) is 0 Å². The molecule has 1 saturated heterocycles. The van der Waals surface area contributed by atoms with Gasteiger partial charge in [0, 0.05) is 23.9 Å². The van der Waals surface area contributed by atoms with Gasteiger partial charge in [0.25, 0.3) is 0 Å². The van der Waals surface area contributed by atoms with Crippen molar-refractivity contribution >= 4 is 33.8 Å². The Morgan fingerprint density at radius 2 is 1.96 bits per heavy atom. The molecule has 1 fully saturated rings. The molecule has 0 aliphatic carbocycles. The number of aromatic nitrogens is 2. The summed E-state index contributed by atoms with van der Waals surface area (Å²) in [7, 11) is 0. The van der Waals surface area contributed by atoms with Crippen LogP contribution in [-0.4, -0.2) is 58.8 Å². The van der Waals surface area contributed by atoms with Gasteiger partial charge in [0.1, 0.15) is 0 Å². The molecule has 9 nitrogen and oxygen atoms in total. The van der Waals surface area contributed by atoms with Gasteiger partial charge >= 0.3 is 0 Å². The number of fused-ring (bicyclic) bond motifs is 1. The second-order valence-corrected chi connectivity index (χ2v) is 5.38. The first-order valence-electron chi connectivity index (χ1n) is 7.60. The van der Waals surface area contributed by atoms with Gasteiger partial charge in [0.05, 0.1) is 31.3 Å². The molecular weight excluding hydrogens is 308 g/mol. The third-order valence-corrected chi connectivity index (χ3v) is 3.90. The van der Waals surface area contributed by atoms with Gasteiger partial charge in [-0.3, -0.25) is 5.43 Å². The minimum atomic E-state index is 0.295. The highest BCUT2D eigenvalue weighted by molar-refractivity contribution is 6.68. The van der Waals surface area contributed by atoms with Gasteiger partial charge in [0.15, 0.2) is 17.4 Å². The average Bonchev–Trinajstić information content (AvgIpc) is 3.01. The summed E-state index contributed by atoms with van der Waals surface area (Å²) in [5.74, 6) is 0.965. The zero-order chi connectivity index (χ0) is 16.4. The summed E-state index contributed by atoms with van der Waals surface area (Å²) in [6.45, 7) is 2.79. The van der Waals surface area contributed by atoms with Crippen molar-refractivity contribution in [1.29, 1.82) is 0 Å². The van der Waals surface area contributed by atoms with Crippen molar-refractivity contribution in [1.82, 2.24) is 15.1 Å². The van der Waals surface area contributed by atoms with E-state index in [-0.39, 0.29) is 0 Å². The number of amidine groups is 2. The summed E-state index contributed by atoms with van der Waals surface area (Å²) in [5, 5.41) is 22.3. The first kappa shape index (κ1) is 14.5. The molecule has 0 amide bonds. The van der Waals surface area contributed by atoms with E-state index in [0.717, 1.165) is 29.5 Å². The molecule has 2 aromatic rings. The topological polar surface area (TPSA) is 113 Å². The largest absolute Gasteiger partial charge is 0.380 e. The molecule has 4 rings (SSSR count). The minimum absolute atomic E-state index is 0.295. The van der Waals surface area contributed by atoms with Gasteiger partial charge in [-0.1, -0.05) is 12.1 Å². The van der Waals surface area contributed by atoms with Crippen LogP contribution in [-0.2, 0) is 4.74 Å². The summed E-state index contributed by atoms with van der Waals surface area (Å²) in [6.07, 6.45) is 3.40. The molecule has 122 valence electrons. The van der Waals surface area contributed by atoms with Crippen molar-refractivity contribution in [2.75, 3.05) is 31.7 Å². The van der Waals surface area contributed by atoms with E-state index in [1.54, 1.807) is 12.4 Å². The average molecular weight is 324 g/mol. The van der Waals surface area contributed by atoms with Gasteiger partial charge in [-0.25, -0.2) is 0 Å². The fraction of sp³-hybridized carbons (Fsp3) is 0.267. The number of morpholine rings is 1. The molecule has 2 aliphatic heterocycles. The number of rotatable bonds is 2. The van der Waals surface area contributed by atoms with E-state index >= 15 is 0 Å². The number of anilines is 1. The second kappa shape index (κ2) is 6.20. The smallest absolute Gasteiger partial charge is 0.183 e. The Kier molecular flexibility index (Phi) is 3.75. The highest BCUT2D eigenvalue weighted by Gasteiger charge is 2.26. The maximum Gasteiger partial charge on any atom is 0.183 e. The molecule has 0 saturated carbocycles. The van der Waals surface area contributed by atoms with Gasteiger partial charge in [-0.2, -0.15) is 15.3 Å². The number of hydrazone groups is 1. The third-order valence-electron chi connectivity index (χ3n) is 3.90. The van der Waals surface area contributed by atoms with Crippen molar-refractivity contribution in [2.45, 2.75) is 0 Å². The van der Waals surface area contributed by atoms with Gasteiger partial charge in [-0.15, -0.1) is 10.2 Å². The first-order valence-corrected chi connectivity index (χ1v) is 7.60. The lowest BCUT2D eigenvalue weighted by molar-refractivity contribution is 0.0689. The number of ether oxygens (including phenoxy) is 1. The Bertz CT molecular complexity index is 848. The quantitative estimate of drug-likeness (QED) is 0.774. The van der Waals surface area contributed by atoms with Crippen molar-refractivity contribution in [3.8, 4) is 0 Å². The number of nitrogens with zero attached hydrogens (tertiary/aromatic N) is 6. The molecule has 2 aliphatic rings.